The molecule has 39 heavy (non-hydrogen) atoms. The number of carboxylic acid groups (broad SMARTS) is 1. The molecule has 206 valence electrons. The molecular weight excluding hydrogens is 499 g/mol. The van der Waals surface area contributed by atoms with E-state index in [1.54, 1.807) is 18.5 Å². The van der Waals surface area contributed by atoms with E-state index in [4.69, 9.17) is 5.11 Å². The second kappa shape index (κ2) is 11.9. The lowest BCUT2D eigenvalue weighted by Gasteiger charge is -2.33. The molecular formula is C29H35FN6O3. The summed E-state index contributed by atoms with van der Waals surface area (Å²) < 4.78 is 15.2. The van der Waals surface area contributed by atoms with Crippen molar-refractivity contribution < 1.29 is 19.1 Å². The molecule has 9 nitrogen and oxygen atoms in total. The number of hydrogen-bond donors (Lipinski definition) is 3. The smallest absolute Gasteiger partial charge is 0.404 e. The predicted molar refractivity (Wildman–Crippen MR) is 148 cm³/mol. The summed E-state index contributed by atoms with van der Waals surface area (Å²) >= 11 is 0. The van der Waals surface area contributed by atoms with Crippen molar-refractivity contribution in [2.75, 3.05) is 36.4 Å². The summed E-state index contributed by atoms with van der Waals surface area (Å²) in [6.45, 7) is 5.60. The molecule has 0 radical (unpaired) electrons. The minimum absolute atomic E-state index is 0.00219. The molecule has 2 saturated heterocycles. The average Bonchev–Trinajstić information content (AvgIpc) is 3.35. The highest BCUT2D eigenvalue weighted by Gasteiger charge is 2.26. The topological polar surface area (TPSA) is 103 Å². The number of aromatic nitrogens is 2. The molecule has 0 aliphatic carbocycles. The van der Waals surface area contributed by atoms with Gasteiger partial charge >= 0.3 is 6.09 Å². The number of hydrogen-bond acceptors (Lipinski definition) is 5. The number of nitrogens with one attached hydrogen (secondary N) is 2. The van der Waals surface area contributed by atoms with Crippen molar-refractivity contribution in [3.05, 3.63) is 72.1 Å². The van der Waals surface area contributed by atoms with Crippen molar-refractivity contribution in [1.82, 2.24) is 19.8 Å². The number of rotatable bonds is 7. The van der Waals surface area contributed by atoms with E-state index in [9.17, 15) is 14.0 Å². The monoisotopic (exact) mass is 534 g/mol. The van der Waals surface area contributed by atoms with Gasteiger partial charge in [0.05, 0.1) is 12.0 Å². The Morgan fingerprint density at radius 3 is 2.51 bits per heavy atom. The summed E-state index contributed by atoms with van der Waals surface area (Å²) in [5, 5.41) is 14.9. The highest BCUT2D eigenvalue weighted by Crippen LogP contribution is 2.26. The van der Waals surface area contributed by atoms with Gasteiger partial charge in [-0.25, -0.2) is 14.2 Å². The van der Waals surface area contributed by atoms with E-state index in [-0.39, 0.29) is 23.7 Å². The SMILES string of the molecule is Cc1cn(-c2cc(CN3CCC[C@H](NC(=O)O)C3)cc(NC(=O)C3CCN(c4ccc(F)cc4)CC3)c2)cn1. The zero-order valence-corrected chi connectivity index (χ0v) is 22.1. The number of carbonyl (C=O) groups is 2. The first kappa shape index (κ1) is 26.7. The Labute approximate surface area is 227 Å². The summed E-state index contributed by atoms with van der Waals surface area (Å²) in [6, 6.07) is 12.5. The molecule has 3 N–H and O–H groups in total. The van der Waals surface area contributed by atoms with Crippen LogP contribution < -0.4 is 15.5 Å². The number of aryl methyl sites for hydroxylation is 1. The zero-order valence-electron chi connectivity index (χ0n) is 22.1. The fourth-order valence-electron chi connectivity index (χ4n) is 5.59. The molecule has 5 rings (SSSR count). The van der Waals surface area contributed by atoms with Crippen LogP contribution in [0.5, 0.6) is 0 Å². The molecule has 3 aromatic rings. The van der Waals surface area contributed by atoms with Crippen molar-refractivity contribution in [3.8, 4) is 5.69 Å². The van der Waals surface area contributed by atoms with Gasteiger partial charge in [0.2, 0.25) is 5.91 Å². The minimum atomic E-state index is -0.993. The standard InChI is InChI=1S/C29H35FN6O3/c1-20-16-36(19-31-20)27-14-21(17-34-10-2-3-24(18-34)33-29(38)39)13-25(15-27)32-28(37)22-8-11-35(12-9-22)26-6-4-23(30)5-7-26/h4-7,13-16,19,22,24,33H,2-3,8-12,17-18H2,1H3,(H,32,37)(H,38,39)/t24-/m0/s1. The van der Waals surface area contributed by atoms with Gasteiger partial charge in [-0.3, -0.25) is 9.69 Å². The van der Waals surface area contributed by atoms with E-state index in [1.165, 1.54) is 12.1 Å². The first-order valence-electron chi connectivity index (χ1n) is 13.5. The van der Waals surface area contributed by atoms with Gasteiger partial charge in [0.15, 0.2) is 0 Å². The van der Waals surface area contributed by atoms with E-state index in [0.29, 0.717) is 13.1 Å². The predicted octanol–water partition coefficient (Wildman–Crippen LogP) is 4.41. The maximum Gasteiger partial charge on any atom is 0.404 e. The fraction of sp³-hybridized carbons (Fsp3) is 0.414. The number of carbonyl (C=O) groups excluding carboxylic acids is 1. The molecule has 0 bridgehead atoms. The van der Waals surface area contributed by atoms with Crippen molar-refractivity contribution in [3.63, 3.8) is 0 Å². The van der Waals surface area contributed by atoms with Crippen LogP contribution in [0.1, 0.15) is 36.9 Å². The van der Waals surface area contributed by atoms with Crippen molar-refractivity contribution in [2.45, 2.75) is 45.2 Å². The van der Waals surface area contributed by atoms with Gasteiger partial charge in [-0.1, -0.05) is 0 Å². The maximum absolute atomic E-state index is 13.3. The number of piperidine rings is 2. The number of halogens is 1. The molecule has 10 heteroatoms. The molecule has 1 aromatic heterocycles. The van der Waals surface area contributed by atoms with Crippen LogP contribution in [-0.4, -0.2) is 63.8 Å². The minimum Gasteiger partial charge on any atom is -0.465 e. The van der Waals surface area contributed by atoms with E-state index in [2.05, 4.69) is 31.5 Å². The lowest BCUT2D eigenvalue weighted by atomic mass is 9.95. The highest BCUT2D eigenvalue weighted by atomic mass is 19.1. The summed E-state index contributed by atoms with van der Waals surface area (Å²) in [7, 11) is 0. The van der Waals surface area contributed by atoms with Gasteiger partial charge in [0.25, 0.3) is 0 Å². The van der Waals surface area contributed by atoms with Crippen LogP contribution in [-0.2, 0) is 11.3 Å². The van der Waals surface area contributed by atoms with E-state index in [0.717, 1.165) is 73.6 Å². The van der Waals surface area contributed by atoms with Crippen LogP contribution in [0.15, 0.2) is 55.0 Å². The van der Waals surface area contributed by atoms with Crippen molar-refractivity contribution in [2.24, 2.45) is 5.92 Å². The van der Waals surface area contributed by atoms with Gasteiger partial charge in [-0.05, 0) is 87.2 Å². The Bertz CT molecular complexity index is 1300. The third-order valence-corrected chi connectivity index (χ3v) is 7.55. The van der Waals surface area contributed by atoms with Gasteiger partial charge in [0, 0.05) is 61.4 Å². The Balaban J connectivity index is 1.27. The number of benzene rings is 2. The summed E-state index contributed by atoms with van der Waals surface area (Å²) in [6.07, 6.45) is 5.92. The molecule has 0 saturated carbocycles. The molecule has 0 unspecified atom stereocenters. The van der Waals surface area contributed by atoms with E-state index in [1.807, 2.05) is 29.8 Å². The van der Waals surface area contributed by atoms with E-state index >= 15 is 0 Å². The molecule has 0 spiro atoms. The second-order valence-corrected chi connectivity index (χ2v) is 10.6. The lowest BCUT2D eigenvalue weighted by molar-refractivity contribution is -0.120. The zero-order chi connectivity index (χ0) is 27.4. The Morgan fingerprint density at radius 1 is 1.05 bits per heavy atom. The Kier molecular flexibility index (Phi) is 8.11. The van der Waals surface area contributed by atoms with Gasteiger partial charge < -0.3 is 25.2 Å². The quantitative estimate of drug-likeness (QED) is 0.415. The van der Waals surface area contributed by atoms with Gasteiger partial charge in [-0.2, -0.15) is 0 Å². The number of nitrogens with zero attached hydrogens (tertiary/aromatic N) is 4. The molecule has 2 aliphatic rings. The largest absolute Gasteiger partial charge is 0.465 e. The number of imidazole rings is 1. The van der Waals surface area contributed by atoms with Gasteiger partial charge in [-0.15, -0.1) is 0 Å². The summed E-state index contributed by atoms with van der Waals surface area (Å²) in [4.78, 5) is 33.2. The third-order valence-electron chi connectivity index (χ3n) is 7.55. The number of amides is 2. The van der Waals surface area contributed by atoms with Crippen LogP contribution in [0.25, 0.3) is 5.69 Å². The van der Waals surface area contributed by atoms with Crippen LogP contribution in [0.2, 0.25) is 0 Å². The lowest BCUT2D eigenvalue weighted by Crippen LogP contribution is -2.46. The van der Waals surface area contributed by atoms with Crippen molar-refractivity contribution >= 4 is 23.4 Å². The van der Waals surface area contributed by atoms with E-state index < -0.39 is 6.09 Å². The fourth-order valence-corrected chi connectivity index (χ4v) is 5.59. The highest BCUT2D eigenvalue weighted by molar-refractivity contribution is 5.93. The third kappa shape index (κ3) is 6.94. The first-order chi connectivity index (χ1) is 18.8. The molecule has 2 amide bonds. The van der Waals surface area contributed by atoms with Crippen molar-refractivity contribution in [1.29, 1.82) is 0 Å². The van der Waals surface area contributed by atoms with Crippen LogP contribution in [0, 0.1) is 18.7 Å². The molecule has 3 heterocycles. The molecule has 1 atom stereocenters. The van der Waals surface area contributed by atoms with Gasteiger partial charge in [0.1, 0.15) is 5.82 Å². The summed E-state index contributed by atoms with van der Waals surface area (Å²) in [5.41, 5.74) is 4.55. The molecule has 2 aliphatic heterocycles. The Hall–Kier alpha value is -3.92. The second-order valence-electron chi connectivity index (χ2n) is 10.6. The summed E-state index contributed by atoms with van der Waals surface area (Å²) in [5.74, 6) is -0.353. The van der Waals surface area contributed by atoms with Crippen LogP contribution in [0.4, 0.5) is 20.6 Å². The Morgan fingerprint density at radius 2 is 1.82 bits per heavy atom. The maximum atomic E-state index is 13.3. The number of anilines is 2. The van der Waals surface area contributed by atoms with Crippen LogP contribution in [0.3, 0.4) is 0 Å². The van der Waals surface area contributed by atoms with Crippen LogP contribution >= 0.6 is 0 Å². The number of likely N-dealkylation sites (tertiary alicyclic amines) is 1. The first-order valence-corrected chi connectivity index (χ1v) is 13.5. The average molecular weight is 535 g/mol. The normalized spacial score (nSPS) is 18.6. The molecule has 2 aromatic carbocycles. The molecule has 2 fully saturated rings.